The molecule has 2 aliphatic heterocycles. The van der Waals surface area contributed by atoms with Crippen LogP contribution in [-0.4, -0.2) is 68.7 Å². The molecule has 2 aliphatic rings. The molecule has 2 saturated heterocycles. The van der Waals surface area contributed by atoms with Gasteiger partial charge in [0.1, 0.15) is 0 Å². The van der Waals surface area contributed by atoms with Crippen molar-refractivity contribution < 1.29 is 17.9 Å². The topological polar surface area (TPSA) is 66.9 Å². The van der Waals surface area contributed by atoms with Crippen molar-refractivity contribution in [1.82, 2.24) is 9.21 Å². The molecule has 0 aromatic rings. The fourth-order valence-electron chi connectivity index (χ4n) is 2.88. The van der Waals surface area contributed by atoms with Crippen molar-refractivity contribution >= 4 is 15.9 Å². The molecule has 2 fully saturated rings. The highest BCUT2D eigenvalue weighted by molar-refractivity contribution is 7.88. The highest BCUT2D eigenvalue weighted by Crippen LogP contribution is 2.21. The van der Waals surface area contributed by atoms with Crippen LogP contribution in [-0.2, 0) is 19.6 Å². The number of hydrogen-bond donors (Lipinski definition) is 0. The molecule has 7 heteroatoms. The van der Waals surface area contributed by atoms with Crippen molar-refractivity contribution in [2.45, 2.75) is 44.2 Å². The predicted octanol–water partition coefficient (Wildman–Crippen LogP) is 0.438. The number of carbonyl (C=O) groups excluding carboxylic acids is 1. The number of likely N-dealkylation sites (tertiary alicyclic amines) is 1. The number of ether oxygens (including phenoxy) is 1. The van der Waals surface area contributed by atoms with Gasteiger partial charge in [-0.2, -0.15) is 0 Å². The Hall–Kier alpha value is -0.660. The number of sulfonamides is 1. The normalized spacial score (nSPS) is 25.4. The molecular weight excluding hydrogens is 280 g/mol. The zero-order valence-corrected chi connectivity index (χ0v) is 13.1. The van der Waals surface area contributed by atoms with E-state index in [2.05, 4.69) is 0 Å². The van der Waals surface area contributed by atoms with Gasteiger partial charge in [-0.3, -0.25) is 4.79 Å². The Morgan fingerprint density at radius 3 is 2.45 bits per heavy atom. The van der Waals surface area contributed by atoms with Gasteiger partial charge in [-0.05, 0) is 25.7 Å². The lowest BCUT2D eigenvalue weighted by Gasteiger charge is -2.36. The lowest BCUT2D eigenvalue weighted by Crippen LogP contribution is -2.47. The maximum Gasteiger partial charge on any atom is 0.225 e. The van der Waals surface area contributed by atoms with Gasteiger partial charge in [0.15, 0.2) is 0 Å². The Kier molecular flexibility index (Phi) is 5.04. The van der Waals surface area contributed by atoms with Crippen LogP contribution in [0.3, 0.4) is 0 Å². The van der Waals surface area contributed by atoms with Crippen LogP contribution in [0.25, 0.3) is 0 Å². The molecule has 0 saturated carbocycles. The molecule has 2 heterocycles. The zero-order chi connectivity index (χ0) is 14.8. The largest absolute Gasteiger partial charge is 0.378 e. The third-order valence-electron chi connectivity index (χ3n) is 4.28. The lowest BCUT2D eigenvalue weighted by atomic mass is 10.0. The molecule has 116 valence electrons. The molecule has 0 bridgehead atoms. The molecule has 6 nitrogen and oxygen atoms in total. The molecule has 0 radical (unpaired) electrons. The molecular formula is C13H24N2O4S. The van der Waals surface area contributed by atoms with Crippen LogP contribution in [0.5, 0.6) is 0 Å². The van der Waals surface area contributed by atoms with Gasteiger partial charge in [-0.1, -0.05) is 0 Å². The second-order valence-electron chi connectivity index (χ2n) is 5.73. The van der Waals surface area contributed by atoms with E-state index < -0.39 is 10.0 Å². The number of rotatable bonds is 4. The van der Waals surface area contributed by atoms with Crippen molar-refractivity contribution in [1.29, 1.82) is 0 Å². The minimum Gasteiger partial charge on any atom is -0.378 e. The first-order valence-corrected chi connectivity index (χ1v) is 9.05. The molecule has 0 spiro atoms. The smallest absolute Gasteiger partial charge is 0.225 e. The summed E-state index contributed by atoms with van der Waals surface area (Å²) in [4.78, 5) is 14.0. The van der Waals surface area contributed by atoms with E-state index in [-0.39, 0.29) is 18.1 Å². The minimum atomic E-state index is -3.15. The van der Waals surface area contributed by atoms with Crippen LogP contribution in [0.4, 0.5) is 0 Å². The van der Waals surface area contributed by atoms with Crippen LogP contribution >= 0.6 is 0 Å². The molecule has 20 heavy (non-hydrogen) atoms. The van der Waals surface area contributed by atoms with E-state index in [1.807, 2.05) is 4.90 Å². The summed E-state index contributed by atoms with van der Waals surface area (Å²) in [5.41, 5.74) is 0. The maximum atomic E-state index is 12.1. The first-order chi connectivity index (χ1) is 9.38. The third kappa shape index (κ3) is 3.93. The average molecular weight is 304 g/mol. The van der Waals surface area contributed by atoms with E-state index in [1.54, 1.807) is 7.05 Å². The first-order valence-electron chi connectivity index (χ1n) is 7.20. The minimum absolute atomic E-state index is 0.0109. The number of nitrogens with zero attached hydrogens (tertiary/aromatic N) is 2. The van der Waals surface area contributed by atoms with Crippen LogP contribution < -0.4 is 0 Å². The summed E-state index contributed by atoms with van der Waals surface area (Å²) in [5, 5.41) is 0. The van der Waals surface area contributed by atoms with Gasteiger partial charge in [-0.15, -0.1) is 0 Å². The van der Waals surface area contributed by atoms with E-state index in [1.165, 1.54) is 10.6 Å². The summed E-state index contributed by atoms with van der Waals surface area (Å²) in [6, 6.07) is 0.0109. The number of hydrogen-bond acceptors (Lipinski definition) is 4. The number of piperidine rings is 1. The van der Waals surface area contributed by atoms with Crippen LogP contribution in [0, 0.1) is 0 Å². The van der Waals surface area contributed by atoms with Gasteiger partial charge in [-0.25, -0.2) is 12.7 Å². The number of amides is 1. The highest BCUT2D eigenvalue weighted by atomic mass is 32.2. The summed E-state index contributed by atoms with van der Waals surface area (Å²) < 4.78 is 29.9. The fraction of sp³-hybridized carbons (Fsp3) is 0.923. The first kappa shape index (κ1) is 15.7. The Bertz CT molecular complexity index is 437. The summed E-state index contributed by atoms with van der Waals surface area (Å²) in [6.07, 6.45) is 5.20. The summed E-state index contributed by atoms with van der Waals surface area (Å²) in [5.74, 6) is 0.136. The summed E-state index contributed by atoms with van der Waals surface area (Å²) in [7, 11) is -1.53. The molecule has 0 aromatic heterocycles. The Morgan fingerprint density at radius 1 is 1.30 bits per heavy atom. The average Bonchev–Trinajstić information content (AvgIpc) is 2.90. The molecule has 0 N–H and O–H groups in total. The van der Waals surface area contributed by atoms with Crippen LogP contribution in [0.1, 0.15) is 32.1 Å². The zero-order valence-electron chi connectivity index (χ0n) is 12.2. The van der Waals surface area contributed by atoms with Gasteiger partial charge < -0.3 is 9.64 Å². The third-order valence-corrected chi connectivity index (χ3v) is 5.63. The Labute approximate surface area is 121 Å². The van der Waals surface area contributed by atoms with Crippen molar-refractivity contribution in [3.63, 3.8) is 0 Å². The van der Waals surface area contributed by atoms with Crippen LogP contribution in [0.2, 0.25) is 0 Å². The summed E-state index contributed by atoms with van der Waals surface area (Å²) in [6.45, 7) is 2.03. The molecule has 0 aromatic carbocycles. The molecule has 1 unspecified atom stereocenters. The van der Waals surface area contributed by atoms with E-state index >= 15 is 0 Å². The van der Waals surface area contributed by atoms with Crippen molar-refractivity contribution in [2.75, 3.05) is 33.0 Å². The second kappa shape index (κ2) is 6.41. The number of carbonyl (C=O) groups is 1. The van der Waals surface area contributed by atoms with Gasteiger partial charge in [0, 0.05) is 32.8 Å². The van der Waals surface area contributed by atoms with E-state index in [4.69, 9.17) is 4.74 Å². The molecule has 1 atom stereocenters. The highest BCUT2D eigenvalue weighted by Gasteiger charge is 2.30. The standard InChI is InChI=1S/C13H24N2O4S/c1-14(20(2,17)18)11-5-7-15(8-6-11)13(16)10-12-4-3-9-19-12/h11-12H,3-10H2,1-2H3. The van der Waals surface area contributed by atoms with Crippen LogP contribution in [0.15, 0.2) is 0 Å². The quantitative estimate of drug-likeness (QED) is 0.756. The van der Waals surface area contributed by atoms with Crippen molar-refractivity contribution in [3.8, 4) is 0 Å². The van der Waals surface area contributed by atoms with Gasteiger partial charge in [0.25, 0.3) is 0 Å². The van der Waals surface area contributed by atoms with E-state index in [0.29, 0.717) is 32.4 Å². The van der Waals surface area contributed by atoms with Crippen molar-refractivity contribution in [3.05, 3.63) is 0 Å². The van der Waals surface area contributed by atoms with Gasteiger partial charge in [0.2, 0.25) is 15.9 Å². The second-order valence-corrected chi connectivity index (χ2v) is 7.77. The SMILES string of the molecule is CN(C1CCN(C(=O)CC2CCCO2)CC1)S(C)(=O)=O. The molecule has 0 aliphatic carbocycles. The van der Waals surface area contributed by atoms with Crippen molar-refractivity contribution in [2.24, 2.45) is 0 Å². The molecule has 1 amide bonds. The van der Waals surface area contributed by atoms with Gasteiger partial charge >= 0.3 is 0 Å². The monoisotopic (exact) mass is 304 g/mol. The van der Waals surface area contributed by atoms with Gasteiger partial charge in [0.05, 0.1) is 18.8 Å². The fourth-order valence-corrected chi connectivity index (χ4v) is 3.63. The predicted molar refractivity (Wildman–Crippen MR) is 75.8 cm³/mol. The van der Waals surface area contributed by atoms with E-state index in [0.717, 1.165) is 19.4 Å². The Morgan fingerprint density at radius 2 is 1.95 bits per heavy atom. The maximum absolute atomic E-state index is 12.1. The molecule has 2 rings (SSSR count). The lowest BCUT2D eigenvalue weighted by molar-refractivity contribution is -0.134. The summed E-state index contributed by atoms with van der Waals surface area (Å²) >= 11 is 0. The Balaban J connectivity index is 1.80. The van der Waals surface area contributed by atoms with E-state index in [9.17, 15) is 13.2 Å².